The van der Waals surface area contributed by atoms with Crippen molar-refractivity contribution >= 4 is 30.2 Å². The van der Waals surface area contributed by atoms with Crippen LogP contribution in [0.1, 0.15) is 26.7 Å². The molecule has 2 atom stereocenters. The van der Waals surface area contributed by atoms with Gasteiger partial charge in [0.25, 0.3) is 5.91 Å². The maximum absolute atomic E-state index is 12.5. The summed E-state index contributed by atoms with van der Waals surface area (Å²) in [6.07, 6.45) is 6.00. The van der Waals surface area contributed by atoms with Gasteiger partial charge in [0.1, 0.15) is 0 Å². The molecule has 1 aromatic heterocycles. The van der Waals surface area contributed by atoms with Gasteiger partial charge in [0.05, 0.1) is 12.2 Å². The first-order valence-electron chi connectivity index (χ1n) is 7.46. The Balaban J connectivity index is 0.00000264. The summed E-state index contributed by atoms with van der Waals surface area (Å²) in [5, 5.41) is 5.45. The number of rotatable bonds is 4. The molecule has 0 spiro atoms. The van der Waals surface area contributed by atoms with Crippen molar-refractivity contribution in [2.45, 2.75) is 32.7 Å². The molecule has 8 nitrogen and oxygen atoms in total. The van der Waals surface area contributed by atoms with E-state index in [0.717, 1.165) is 12.8 Å². The lowest BCUT2D eigenvalue weighted by Crippen LogP contribution is -2.53. The zero-order valence-corrected chi connectivity index (χ0v) is 14.1. The largest absolute Gasteiger partial charge is 0.341 e. The fraction of sp³-hybridized carbons (Fsp3) is 0.571. The zero-order chi connectivity index (χ0) is 16.1. The number of urea groups is 1. The first-order chi connectivity index (χ1) is 10.5. The standard InChI is InChI=1S/C14H22N6O2.ClH/c1-3-10(2)12(15)13(21)19-7-4-8-20(19)14(22)18-11-9-16-5-6-17-11;/h5-6,9-10,12H,3-4,7-8,15H2,1-2H3,(H,17,18,22);1H/t10-,12-;/m0./s1. The van der Waals surface area contributed by atoms with E-state index >= 15 is 0 Å². The predicted molar refractivity (Wildman–Crippen MR) is 88.8 cm³/mol. The molecule has 0 unspecified atom stereocenters. The molecule has 23 heavy (non-hydrogen) atoms. The maximum atomic E-state index is 12.5. The van der Waals surface area contributed by atoms with E-state index < -0.39 is 12.1 Å². The second-order valence-electron chi connectivity index (χ2n) is 5.37. The molecule has 1 fully saturated rings. The van der Waals surface area contributed by atoms with E-state index in [1.165, 1.54) is 28.6 Å². The van der Waals surface area contributed by atoms with E-state index in [1.807, 2.05) is 13.8 Å². The molecule has 0 aromatic carbocycles. The first-order valence-corrected chi connectivity index (χ1v) is 7.46. The Morgan fingerprint density at radius 3 is 2.65 bits per heavy atom. The van der Waals surface area contributed by atoms with Crippen molar-refractivity contribution in [3.05, 3.63) is 18.6 Å². The Kier molecular flexibility index (Phi) is 7.18. The Bertz CT molecular complexity index is 529. The maximum Gasteiger partial charge on any atom is 0.341 e. The van der Waals surface area contributed by atoms with Crippen molar-refractivity contribution in [1.82, 2.24) is 20.0 Å². The molecule has 1 aromatic rings. The molecule has 1 aliphatic rings. The fourth-order valence-corrected chi connectivity index (χ4v) is 2.26. The summed E-state index contributed by atoms with van der Waals surface area (Å²) in [6, 6.07) is -1.00. The lowest BCUT2D eigenvalue weighted by atomic mass is 9.99. The molecular weight excluding hydrogens is 320 g/mol. The highest BCUT2D eigenvalue weighted by Crippen LogP contribution is 2.16. The third-order valence-corrected chi connectivity index (χ3v) is 3.86. The van der Waals surface area contributed by atoms with Crippen LogP contribution in [0.2, 0.25) is 0 Å². The van der Waals surface area contributed by atoms with Crippen LogP contribution >= 0.6 is 12.4 Å². The summed E-state index contributed by atoms with van der Waals surface area (Å²) in [5.74, 6) is 0.192. The minimum absolute atomic E-state index is 0. The molecule has 3 amide bonds. The minimum Gasteiger partial charge on any atom is -0.320 e. The molecule has 0 saturated carbocycles. The van der Waals surface area contributed by atoms with Gasteiger partial charge in [0.15, 0.2) is 5.82 Å². The van der Waals surface area contributed by atoms with Crippen LogP contribution in [0, 0.1) is 5.92 Å². The number of carbonyl (C=O) groups excluding carboxylic acids is 2. The van der Waals surface area contributed by atoms with Crippen LogP contribution < -0.4 is 11.1 Å². The van der Waals surface area contributed by atoms with Crippen LogP contribution in [0.3, 0.4) is 0 Å². The summed E-state index contributed by atoms with van der Waals surface area (Å²) in [7, 11) is 0. The SMILES string of the molecule is CC[C@H](C)[C@H](N)C(=O)N1CCCN1C(=O)Nc1cnccn1.Cl. The summed E-state index contributed by atoms with van der Waals surface area (Å²) in [5.41, 5.74) is 5.99. The number of nitrogens with zero attached hydrogens (tertiary/aromatic N) is 4. The molecule has 3 N–H and O–H groups in total. The Hall–Kier alpha value is -1.93. The molecule has 1 aliphatic heterocycles. The molecule has 1 saturated heterocycles. The van der Waals surface area contributed by atoms with Crippen LogP contribution in [0.25, 0.3) is 0 Å². The van der Waals surface area contributed by atoms with Crippen molar-refractivity contribution < 1.29 is 9.59 Å². The molecule has 2 heterocycles. The van der Waals surface area contributed by atoms with E-state index in [-0.39, 0.29) is 24.2 Å². The van der Waals surface area contributed by atoms with Crippen molar-refractivity contribution in [2.24, 2.45) is 11.7 Å². The number of hydrazine groups is 1. The van der Waals surface area contributed by atoms with Crippen molar-refractivity contribution in [3.63, 3.8) is 0 Å². The van der Waals surface area contributed by atoms with Crippen LogP contribution in [-0.4, -0.2) is 51.1 Å². The quantitative estimate of drug-likeness (QED) is 0.857. The lowest BCUT2D eigenvalue weighted by molar-refractivity contribution is -0.142. The van der Waals surface area contributed by atoms with Gasteiger partial charge >= 0.3 is 6.03 Å². The second-order valence-corrected chi connectivity index (χ2v) is 5.37. The average molecular weight is 343 g/mol. The van der Waals surface area contributed by atoms with Crippen LogP contribution in [0.5, 0.6) is 0 Å². The number of aromatic nitrogens is 2. The van der Waals surface area contributed by atoms with Gasteiger partial charge in [-0.3, -0.25) is 15.1 Å². The van der Waals surface area contributed by atoms with Gasteiger partial charge in [-0.25, -0.2) is 19.8 Å². The monoisotopic (exact) mass is 342 g/mol. The highest BCUT2D eigenvalue weighted by atomic mass is 35.5. The van der Waals surface area contributed by atoms with E-state index in [2.05, 4.69) is 15.3 Å². The molecule has 0 radical (unpaired) electrons. The smallest absolute Gasteiger partial charge is 0.320 e. The van der Waals surface area contributed by atoms with Crippen LogP contribution in [0.15, 0.2) is 18.6 Å². The number of carbonyl (C=O) groups is 2. The van der Waals surface area contributed by atoms with Gasteiger partial charge < -0.3 is 5.73 Å². The average Bonchev–Trinajstić information content (AvgIpc) is 3.03. The highest BCUT2D eigenvalue weighted by molar-refractivity contribution is 5.91. The third-order valence-electron chi connectivity index (χ3n) is 3.86. The van der Waals surface area contributed by atoms with Gasteiger partial charge in [-0.05, 0) is 12.3 Å². The van der Waals surface area contributed by atoms with Gasteiger partial charge in [-0.2, -0.15) is 0 Å². The van der Waals surface area contributed by atoms with E-state index in [4.69, 9.17) is 5.73 Å². The third kappa shape index (κ3) is 4.52. The Labute approximate surface area is 141 Å². The van der Waals surface area contributed by atoms with Gasteiger partial charge in [-0.15, -0.1) is 12.4 Å². The van der Waals surface area contributed by atoms with Crippen LogP contribution in [0.4, 0.5) is 10.6 Å². The summed E-state index contributed by atoms with van der Waals surface area (Å²) in [4.78, 5) is 32.6. The van der Waals surface area contributed by atoms with Crippen molar-refractivity contribution in [1.29, 1.82) is 0 Å². The Morgan fingerprint density at radius 1 is 1.35 bits per heavy atom. The Morgan fingerprint density at radius 2 is 2.04 bits per heavy atom. The lowest BCUT2D eigenvalue weighted by Gasteiger charge is -2.31. The van der Waals surface area contributed by atoms with Crippen molar-refractivity contribution in [3.8, 4) is 0 Å². The number of amides is 3. The minimum atomic E-state index is -0.602. The second kappa shape index (κ2) is 8.64. The zero-order valence-electron chi connectivity index (χ0n) is 13.3. The molecular formula is C14H23ClN6O2. The number of hydrogen-bond donors (Lipinski definition) is 2. The molecule has 0 bridgehead atoms. The highest BCUT2D eigenvalue weighted by Gasteiger charge is 2.34. The normalized spacial score (nSPS) is 16.5. The van der Waals surface area contributed by atoms with E-state index in [9.17, 15) is 9.59 Å². The fourth-order valence-electron chi connectivity index (χ4n) is 2.26. The van der Waals surface area contributed by atoms with Gasteiger partial charge in [0.2, 0.25) is 0 Å². The number of hydrogen-bond acceptors (Lipinski definition) is 5. The molecule has 128 valence electrons. The number of nitrogens with one attached hydrogen (secondary N) is 1. The summed E-state index contributed by atoms with van der Waals surface area (Å²) in [6.45, 7) is 4.89. The number of anilines is 1. The van der Waals surface area contributed by atoms with Crippen molar-refractivity contribution in [2.75, 3.05) is 18.4 Å². The van der Waals surface area contributed by atoms with Gasteiger partial charge in [-0.1, -0.05) is 20.3 Å². The summed E-state index contributed by atoms with van der Waals surface area (Å²) >= 11 is 0. The number of nitrogens with two attached hydrogens (primary N) is 1. The van der Waals surface area contributed by atoms with Crippen LogP contribution in [-0.2, 0) is 4.79 Å². The molecule has 9 heteroatoms. The molecule has 2 rings (SSSR count). The van der Waals surface area contributed by atoms with Gasteiger partial charge in [0, 0.05) is 25.5 Å². The van der Waals surface area contributed by atoms with E-state index in [1.54, 1.807) is 0 Å². The predicted octanol–water partition coefficient (Wildman–Crippen LogP) is 1.25. The number of halogens is 1. The first kappa shape index (κ1) is 19.1. The topological polar surface area (TPSA) is 104 Å². The summed E-state index contributed by atoms with van der Waals surface area (Å²) < 4.78 is 0. The molecule has 0 aliphatic carbocycles. The van der Waals surface area contributed by atoms with E-state index in [0.29, 0.717) is 18.9 Å².